The molecule has 0 heterocycles. The van der Waals surface area contributed by atoms with E-state index in [2.05, 4.69) is 18.4 Å². The first-order valence-electron chi connectivity index (χ1n) is 7.73. The lowest BCUT2D eigenvalue weighted by Crippen LogP contribution is -2.29. The van der Waals surface area contributed by atoms with Crippen molar-refractivity contribution in [3.63, 3.8) is 0 Å². The summed E-state index contributed by atoms with van der Waals surface area (Å²) in [5, 5.41) is 3.56. The van der Waals surface area contributed by atoms with Crippen LogP contribution in [-0.2, 0) is 0 Å². The molecule has 0 radical (unpaired) electrons. The van der Waals surface area contributed by atoms with E-state index in [4.69, 9.17) is 0 Å². The van der Waals surface area contributed by atoms with Gasteiger partial charge in [0.05, 0.1) is 0 Å². The van der Waals surface area contributed by atoms with Gasteiger partial charge in [-0.1, -0.05) is 43.8 Å². The van der Waals surface area contributed by atoms with E-state index in [0.717, 1.165) is 12.0 Å². The van der Waals surface area contributed by atoms with Crippen LogP contribution >= 0.6 is 0 Å². The molecule has 2 aliphatic carbocycles. The fraction of sp³-hybridized carbons (Fsp3) is 0.875. The third kappa shape index (κ3) is 4.46. The average molecular weight is 235 g/mol. The minimum Gasteiger partial charge on any atom is -0.317 e. The van der Waals surface area contributed by atoms with Gasteiger partial charge < -0.3 is 5.32 Å². The Morgan fingerprint density at radius 3 is 2.65 bits per heavy atom. The zero-order valence-electron chi connectivity index (χ0n) is 11.5. The molecular formula is C16H29N. The molecule has 2 aliphatic rings. The van der Waals surface area contributed by atoms with Crippen molar-refractivity contribution in [1.82, 2.24) is 5.32 Å². The lowest BCUT2D eigenvalue weighted by molar-refractivity contribution is 0.301. The van der Waals surface area contributed by atoms with Gasteiger partial charge in [-0.15, -0.1) is 0 Å². The van der Waals surface area contributed by atoms with Crippen LogP contribution in [0.3, 0.4) is 0 Å². The Hall–Kier alpha value is -0.300. The molecule has 0 amide bonds. The maximum absolute atomic E-state index is 3.56. The summed E-state index contributed by atoms with van der Waals surface area (Å²) >= 11 is 0. The maximum atomic E-state index is 3.56. The van der Waals surface area contributed by atoms with Gasteiger partial charge in [0.1, 0.15) is 0 Å². The van der Waals surface area contributed by atoms with E-state index >= 15 is 0 Å². The van der Waals surface area contributed by atoms with Crippen LogP contribution in [0.25, 0.3) is 0 Å². The normalized spacial score (nSPS) is 24.4. The predicted molar refractivity (Wildman–Crippen MR) is 75.2 cm³/mol. The van der Waals surface area contributed by atoms with Gasteiger partial charge in [0.15, 0.2) is 0 Å². The van der Waals surface area contributed by atoms with Gasteiger partial charge in [0.2, 0.25) is 0 Å². The summed E-state index contributed by atoms with van der Waals surface area (Å²) in [6.07, 6.45) is 18.2. The van der Waals surface area contributed by atoms with E-state index in [0.29, 0.717) is 0 Å². The molecule has 0 bridgehead atoms. The zero-order valence-corrected chi connectivity index (χ0v) is 11.5. The Morgan fingerprint density at radius 2 is 2.00 bits per heavy atom. The Balaban J connectivity index is 1.76. The van der Waals surface area contributed by atoms with Crippen LogP contribution in [0.2, 0.25) is 0 Å². The molecule has 1 nitrogen and oxygen atoms in total. The molecule has 2 rings (SSSR count). The van der Waals surface area contributed by atoms with Crippen molar-refractivity contribution in [2.75, 3.05) is 7.05 Å². The molecule has 1 fully saturated rings. The molecule has 1 unspecified atom stereocenters. The van der Waals surface area contributed by atoms with Crippen molar-refractivity contribution in [1.29, 1.82) is 0 Å². The third-order valence-electron chi connectivity index (χ3n) is 4.64. The first-order chi connectivity index (χ1) is 8.38. The molecular weight excluding hydrogens is 206 g/mol. The Bertz CT molecular complexity index is 238. The van der Waals surface area contributed by atoms with Crippen molar-refractivity contribution in [3.8, 4) is 0 Å². The lowest BCUT2D eigenvalue weighted by Gasteiger charge is -2.27. The number of allylic oxidation sites excluding steroid dienone is 1. The van der Waals surface area contributed by atoms with Gasteiger partial charge in [-0.05, 0) is 51.5 Å². The number of nitrogens with one attached hydrogen (secondary N) is 1. The van der Waals surface area contributed by atoms with Crippen LogP contribution in [-0.4, -0.2) is 13.1 Å². The summed E-state index contributed by atoms with van der Waals surface area (Å²) in [6, 6.07) is 0.738. The van der Waals surface area contributed by atoms with Gasteiger partial charge in [0.25, 0.3) is 0 Å². The molecule has 1 N–H and O–H groups in total. The fourth-order valence-electron chi connectivity index (χ4n) is 3.53. The number of hydrogen-bond acceptors (Lipinski definition) is 1. The number of rotatable bonds is 5. The fourth-order valence-corrected chi connectivity index (χ4v) is 3.53. The van der Waals surface area contributed by atoms with Crippen LogP contribution in [0.4, 0.5) is 0 Å². The van der Waals surface area contributed by atoms with Gasteiger partial charge in [-0.3, -0.25) is 0 Å². The summed E-state index contributed by atoms with van der Waals surface area (Å²) in [7, 11) is 2.15. The van der Waals surface area contributed by atoms with Gasteiger partial charge in [-0.2, -0.15) is 0 Å². The highest BCUT2D eigenvalue weighted by molar-refractivity contribution is 5.07. The van der Waals surface area contributed by atoms with E-state index in [1.54, 1.807) is 5.57 Å². The van der Waals surface area contributed by atoms with E-state index in [9.17, 15) is 0 Å². The average Bonchev–Trinajstić information content (AvgIpc) is 2.40. The molecule has 0 aromatic carbocycles. The summed E-state index contributed by atoms with van der Waals surface area (Å²) in [6.45, 7) is 0. The quantitative estimate of drug-likeness (QED) is 0.695. The first kappa shape index (κ1) is 13.1. The molecule has 0 aromatic heterocycles. The molecule has 1 atom stereocenters. The zero-order chi connectivity index (χ0) is 11.9. The highest BCUT2D eigenvalue weighted by Crippen LogP contribution is 2.30. The first-order valence-corrected chi connectivity index (χ1v) is 7.73. The van der Waals surface area contributed by atoms with Crippen LogP contribution < -0.4 is 5.32 Å². The predicted octanol–water partition coefficient (Wildman–Crippen LogP) is 4.44. The summed E-state index contributed by atoms with van der Waals surface area (Å²) in [5.74, 6) is 1.00. The maximum Gasteiger partial charge on any atom is 0.0104 e. The minimum absolute atomic E-state index is 0.738. The third-order valence-corrected chi connectivity index (χ3v) is 4.64. The molecule has 1 heteroatoms. The molecule has 0 spiro atoms. The molecule has 0 aliphatic heterocycles. The molecule has 1 saturated carbocycles. The second-order valence-corrected chi connectivity index (χ2v) is 6.04. The van der Waals surface area contributed by atoms with Crippen molar-refractivity contribution in [2.45, 2.75) is 76.7 Å². The molecule has 17 heavy (non-hydrogen) atoms. The van der Waals surface area contributed by atoms with Gasteiger partial charge >= 0.3 is 0 Å². The second-order valence-electron chi connectivity index (χ2n) is 6.04. The van der Waals surface area contributed by atoms with Crippen molar-refractivity contribution < 1.29 is 0 Å². The van der Waals surface area contributed by atoms with Crippen LogP contribution in [0.15, 0.2) is 11.6 Å². The summed E-state index contributed by atoms with van der Waals surface area (Å²) < 4.78 is 0. The van der Waals surface area contributed by atoms with Crippen molar-refractivity contribution >= 4 is 0 Å². The Morgan fingerprint density at radius 1 is 1.18 bits per heavy atom. The van der Waals surface area contributed by atoms with Crippen molar-refractivity contribution in [2.24, 2.45) is 5.92 Å². The topological polar surface area (TPSA) is 12.0 Å². The second kappa shape index (κ2) is 7.20. The molecule has 0 saturated heterocycles. The monoisotopic (exact) mass is 235 g/mol. The minimum atomic E-state index is 0.738. The molecule has 0 aromatic rings. The summed E-state index contributed by atoms with van der Waals surface area (Å²) in [4.78, 5) is 0. The van der Waals surface area contributed by atoms with E-state index in [1.165, 1.54) is 70.6 Å². The van der Waals surface area contributed by atoms with E-state index in [-0.39, 0.29) is 0 Å². The lowest BCUT2D eigenvalue weighted by atomic mass is 9.83. The van der Waals surface area contributed by atoms with Crippen LogP contribution in [0.1, 0.15) is 70.6 Å². The SMILES string of the molecule is CNC(CC1=CCCCC1)CC1CCCCC1. The largest absolute Gasteiger partial charge is 0.317 e. The highest BCUT2D eigenvalue weighted by Gasteiger charge is 2.19. The summed E-state index contributed by atoms with van der Waals surface area (Å²) in [5.41, 5.74) is 1.73. The van der Waals surface area contributed by atoms with Crippen molar-refractivity contribution in [3.05, 3.63) is 11.6 Å². The number of hydrogen-bond donors (Lipinski definition) is 1. The van der Waals surface area contributed by atoms with E-state index in [1.807, 2.05) is 0 Å². The van der Waals surface area contributed by atoms with Crippen LogP contribution in [0, 0.1) is 5.92 Å². The van der Waals surface area contributed by atoms with E-state index < -0.39 is 0 Å². The molecule has 98 valence electrons. The smallest absolute Gasteiger partial charge is 0.0104 e. The Labute approximate surface area is 107 Å². The standard InChI is InChI=1S/C16H29N/c1-17-16(12-14-8-4-2-5-9-14)13-15-10-6-3-7-11-15/h8,15-17H,2-7,9-13H2,1H3. The highest BCUT2D eigenvalue weighted by atomic mass is 14.9. The Kier molecular flexibility index (Phi) is 5.57. The van der Waals surface area contributed by atoms with Crippen LogP contribution in [0.5, 0.6) is 0 Å². The van der Waals surface area contributed by atoms with Gasteiger partial charge in [-0.25, -0.2) is 0 Å². The van der Waals surface area contributed by atoms with Gasteiger partial charge in [0, 0.05) is 6.04 Å².